The molecule has 246 valence electrons. The van der Waals surface area contributed by atoms with E-state index in [1.165, 1.54) is 110 Å². The van der Waals surface area contributed by atoms with E-state index in [9.17, 15) is 0 Å². The first kappa shape index (κ1) is 29.7. The van der Waals surface area contributed by atoms with E-state index in [1.54, 1.807) is 0 Å². The second kappa shape index (κ2) is 10.3. The van der Waals surface area contributed by atoms with Gasteiger partial charge in [-0.1, -0.05) is 161 Å². The molecule has 0 bridgehead atoms. The predicted molar refractivity (Wildman–Crippen MR) is 222 cm³/mol. The zero-order valence-corrected chi connectivity index (χ0v) is 30.0. The molecule has 2 aliphatic carbocycles. The molecule has 0 saturated carbocycles. The molecule has 0 N–H and O–H groups in total. The third kappa shape index (κ3) is 3.82. The molecular weight excluding hydrogens is 625 g/mol. The van der Waals surface area contributed by atoms with Gasteiger partial charge in [-0.25, -0.2) is 0 Å². The average molecular weight is 663 g/mol. The summed E-state index contributed by atoms with van der Waals surface area (Å²) in [7, 11) is 0. The van der Waals surface area contributed by atoms with Gasteiger partial charge in [-0.2, -0.15) is 0 Å². The van der Waals surface area contributed by atoms with Gasteiger partial charge in [-0.15, -0.1) is 0 Å². The fourth-order valence-electron chi connectivity index (χ4n) is 10.1. The summed E-state index contributed by atoms with van der Waals surface area (Å²) >= 11 is 0. The maximum absolute atomic E-state index is 2.56. The Balaban J connectivity index is 1.22. The Hall–Kier alpha value is -5.98. The zero-order chi connectivity index (χ0) is 34.9. The van der Waals surface area contributed by atoms with Gasteiger partial charge in [-0.3, -0.25) is 0 Å². The molecule has 0 amide bonds. The Morgan fingerprint density at radius 2 is 0.769 bits per heavy atom. The first-order chi connectivity index (χ1) is 25.3. The topological polar surface area (TPSA) is 0 Å². The van der Waals surface area contributed by atoms with E-state index in [1.807, 2.05) is 0 Å². The second-order valence-electron chi connectivity index (χ2n) is 16.0. The molecule has 11 rings (SSSR count). The summed E-state index contributed by atoms with van der Waals surface area (Å²) in [6.45, 7) is 9.66. The monoisotopic (exact) mass is 662 g/mol. The summed E-state index contributed by atoms with van der Waals surface area (Å²) in [5.41, 5.74) is 16.2. The van der Waals surface area contributed by atoms with Gasteiger partial charge in [0, 0.05) is 10.8 Å². The largest absolute Gasteiger partial charge is 0.0619 e. The molecule has 0 spiro atoms. The van der Waals surface area contributed by atoms with Crippen molar-refractivity contribution in [1.29, 1.82) is 0 Å². The molecule has 0 fully saturated rings. The molecule has 0 unspecified atom stereocenters. The lowest BCUT2D eigenvalue weighted by molar-refractivity contribution is 0.652. The Morgan fingerprint density at radius 1 is 0.288 bits per heavy atom. The van der Waals surface area contributed by atoms with Crippen LogP contribution in [0.5, 0.6) is 0 Å². The van der Waals surface area contributed by atoms with Crippen molar-refractivity contribution in [2.45, 2.75) is 38.5 Å². The molecule has 0 saturated heterocycles. The van der Waals surface area contributed by atoms with Gasteiger partial charge in [0.15, 0.2) is 0 Å². The minimum absolute atomic E-state index is 0.0474. The third-order valence-electron chi connectivity index (χ3n) is 12.6. The van der Waals surface area contributed by atoms with Gasteiger partial charge in [0.1, 0.15) is 0 Å². The summed E-state index contributed by atoms with van der Waals surface area (Å²) in [5.74, 6) is 0. The van der Waals surface area contributed by atoms with Crippen LogP contribution in [0.4, 0.5) is 0 Å². The molecule has 2 aliphatic rings. The van der Waals surface area contributed by atoms with Gasteiger partial charge < -0.3 is 0 Å². The highest BCUT2D eigenvalue weighted by Gasteiger charge is 2.42. The van der Waals surface area contributed by atoms with Crippen LogP contribution in [0.1, 0.15) is 49.9 Å². The maximum Gasteiger partial charge on any atom is 0.0159 e. The molecule has 0 nitrogen and oxygen atoms in total. The minimum atomic E-state index is -0.170. The predicted octanol–water partition coefficient (Wildman–Crippen LogP) is 14.2. The highest BCUT2D eigenvalue weighted by Crippen LogP contribution is 2.59. The number of rotatable bonds is 2. The Labute approximate surface area is 305 Å². The van der Waals surface area contributed by atoms with E-state index in [-0.39, 0.29) is 10.8 Å². The van der Waals surface area contributed by atoms with Gasteiger partial charge in [0.25, 0.3) is 0 Å². The van der Waals surface area contributed by atoms with Gasteiger partial charge in [-0.05, 0) is 134 Å². The molecular formula is C52H38. The van der Waals surface area contributed by atoms with Crippen molar-refractivity contribution < 1.29 is 0 Å². The minimum Gasteiger partial charge on any atom is -0.0619 e. The zero-order valence-electron chi connectivity index (χ0n) is 30.0. The molecule has 9 aromatic carbocycles. The quantitative estimate of drug-likeness (QED) is 0.162. The summed E-state index contributed by atoms with van der Waals surface area (Å²) in [6, 6.07) is 59.6. The van der Waals surface area contributed by atoms with Crippen LogP contribution < -0.4 is 0 Å². The van der Waals surface area contributed by atoms with Gasteiger partial charge in [0.05, 0.1) is 0 Å². The van der Waals surface area contributed by atoms with Crippen molar-refractivity contribution in [2.75, 3.05) is 0 Å². The van der Waals surface area contributed by atoms with Crippen molar-refractivity contribution >= 4 is 43.1 Å². The van der Waals surface area contributed by atoms with E-state index >= 15 is 0 Å². The molecule has 0 heterocycles. The highest BCUT2D eigenvalue weighted by atomic mass is 14.5. The fourth-order valence-corrected chi connectivity index (χ4v) is 10.1. The van der Waals surface area contributed by atoms with Crippen LogP contribution >= 0.6 is 0 Å². The van der Waals surface area contributed by atoms with Crippen LogP contribution in [-0.2, 0) is 10.8 Å². The summed E-state index contributed by atoms with van der Waals surface area (Å²) in [4.78, 5) is 0. The maximum atomic E-state index is 2.56. The van der Waals surface area contributed by atoms with E-state index in [4.69, 9.17) is 0 Å². The number of hydrogen-bond donors (Lipinski definition) is 0. The van der Waals surface area contributed by atoms with Crippen molar-refractivity contribution in [3.63, 3.8) is 0 Å². The SMILES string of the molecule is CC1(C)c2ccccc2-c2cc3c(cc21)-c1c(cc(-c2c4ccccc4c(-c4ccc5ccccc5c4)c4ccccc24)c2ccccc12)C3(C)C. The first-order valence-corrected chi connectivity index (χ1v) is 18.6. The lowest BCUT2D eigenvalue weighted by Crippen LogP contribution is -2.17. The fraction of sp³-hybridized carbons (Fsp3) is 0.115. The average Bonchev–Trinajstić information content (AvgIpc) is 3.54. The molecule has 52 heavy (non-hydrogen) atoms. The third-order valence-corrected chi connectivity index (χ3v) is 12.6. The van der Waals surface area contributed by atoms with Crippen LogP contribution in [0.25, 0.3) is 87.6 Å². The smallest absolute Gasteiger partial charge is 0.0159 e. The Kier molecular flexibility index (Phi) is 5.89. The van der Waals surface area contributed by atoms with Crippen molar-refractivity contribution in [3.05, 3.63) is 180 Å². The van der Waals surface area contributed by atoms with Crippen LogP contribution in [-0.4, -0.2) is 0 Å². The molecule has 0 atom stereocenters. The van der Waals surface area contributed by atoms with Crippen molar-refractivity contribution in [1.82, 2.24) is 0 Å². The number of hydrogen-bond acceptors (Lipinski definition) is 0. The van der Waals surface area contributed by atoms with E-state index in [0.717, 1.165) is 0 Å². The standard InChI is InChI=1S/C52H38/c1-51(2)44-24-14-13-18-35(44)41-28-46-43(30-45(41)51)50-36-19-8-7-17-34(36)42(29-47(50)52(46,3)4)49-39-22-11-9-20-37(39)48(38-21-10-12-23-40(38)49)33-26-25-31-15-5-6-16-32(31)27-33/h5-30H,1-4H3. The van der Waals surface area contributed by atoms with Gasteiger partial charge >= 0.3 is 0 Å². The molecule has 0 radical (unpaired) electrons. The van der Waals surface area contributed by atoms with Crippen LogP contribution in [0.15, 0.2) is 158 Å². The molecule has 0 aromatic heterocycles. The molecule has 0 aliphatic heterocycles. The summed E-state index contributed by atoms with van der Waals surface area (Å²) in [6.07, 6.45) is 0. The first-order valence-electron chi connectivity index (χ1n) is 18.6. The van der Waals surface area contributed by atoms with Gasteiger partial charge in [0.2, 0.25) is 0 Å². The molecule has 9 aromatic rings. The summed E-state index contributed by atoms with van der Waals surface area (Å²) in [5, 5.41) is 10.3. The van der Waals surface area contributed by atoms with Crippen LogP contribution in [0.2, 0.25) is 0 Å². The lowest BCUT2D eigenvalue weighted by Gasteiger charge is -2.25. The highest BCUT2D eigenvalue weighted by molar-refractivity contribution is 6.25. The van der Waals surface area contributed by atoms with E-state index in [2.05, 4.69) is 185 Å². The Morgan fingerprint density at radius 3 is 1.46 bits per heavy atom. The van der Waals surface area contributed by atoms with E-state index in [0.29, 0.717) is 0 Å². The van der Waals surface area contributed by atoms with E-state index < -0.39 is 0 Å². The summed E-state index contributed by atoms with van der Waals surface area (Å²) < 4.78 is 0. The second-order valence-corrected chi connectivity index (χ2v) is 16.0. The van der Waals surface area contributed by atoms with Crippen LogP contribution in [0.3, 0.4) is 0 Å². The van der Waals surface area contributed by atoms with Crippen LogP contribution in [0, 0.1) is 0 Å². The molecule has 0 heteroatoms. The van der Waals surface area contributed by atoms with Crippen molar-refractivity contribution in [2.24, 2.45) is 0 Å². The normalized spacial score (nSPS) is 14.8. The van der Waals surface area contributed by atoms with Crippen molar-refractivity contribution in [3.8, 4) is 44.5 Å². The number of fused-ring (bicyclic) bond motifs is 11. The Bertz CT molecular complexity index is 2950. The number of benzene rings is 9. The lowest BCUT2D eigenvalue weighted by atomic mass is 9.78.